The Labute approximate surface area is 176 Å². The van der Waals surface area contributed by atoms with Gasteiger partial charge in [-0.05, 0) is 66.3 Å². The van der Waals surface area contributed by atoms with E-state index in [2.05, 4.69) is 6.92 Å². The largest absolute Gasteiger partial charge is 0.427 e. The van der Waals surface area contributed by atoms with E-state index in [1.165, 1.54) is 13.8 Å². The summed E-state index contributed by atoms with van der Waals surface area (Å²) in [6.07, 6.45) is 5.40. The van der Waals surface area contributed by atoms with Crippen LogP contribution in [0.25, 0.3) is 12.2 Å². The van der Waals surface area contributed by atoms with Crippen LogP contribution in [0.4, 0.5) is 0 Å². The summed E-state index contributed by atoms with van der Waals surface area (Å²) in [4.78, 5) is 35.2. The zero-order valence-corrected chi connectivity index (χ0v) is 17.3. The van der Waals surface area contributed by atoms with Crippen molar-refractivity contribution in [3.8, 4) is 11.5 Å². The van der Waals surface area contributed by atoms with Gasteiger partial charge in [0, 0.05) is 25.0 Å². The molecular formula is C25H24O5. The number of benzene rings is 2. The molecule has 0 saturated heterocycles. The van der Waals surface area contributed by atoms with E-state index in [0.717, 1.165) is 28.7 Å². The molecule has 0 heterocycles. The van der Waals surface area contributed by atoms with E-state index in [-0.39, 0.29) is 23.6 Å². The van der Waals surface area contributed by atoms with Gasteiger partial charge in [-0.3, -0.25) is 14.4 Å². The number of ether oxygens (including phenoxy) is 2. The second-order valence-electron chi connectivity index (χ2n) is 7.36. The highest BCUT2D eigenvalue weighted by Gasteiger charge is 2.26. The Balaban J connectivity index is 1.80. The number of carbonyl (C=O) groups excluding carboxylic acids is 3. The van der Waals surface area contributed by atoms with Gasteiger partial charge in [0.15, 0.2) is 5.78 Å². The first-order valence-corrected chi connectivity index (χ1v) is 9.85. The number of ketones is 1. The molecule has 2 aromatic rings. The number of hydrogen-bond acceptors (Lipinski definition) is 5. The fraction of sp³-hybridized carbons (Fsp3) is 0.240. The highest BCUT2D eigenvalue weighted by atomic mass is 16.5. The molecule has 30 heavy (non-hydrogen) atoms. The zero-order chi connectivity index (χ0) is 21.7. The zero-order valence-electron chi connectivity index (χ0n) is 17.3. The van der Waals surface area contributed by atoms with Crippen molar-refractivity contribution < 1.29 is 23.9 Å². The predicted octanol–water partition coefficient (Wildman–Crippen LogP) is 5.00. The van der Waals surface area contributed by atoms with Gasteiger partial charge in [0.25, 0.3) is 0 Å². The topological polar surface area (TPSA) is 69.7 Å². The third kappa shape index (κ3) is 5.54. The van der Waals surface area contributed by atoms with Crippen molar-refractivity contribution in [2.75, 3.05) is 0 Å². The molecule has 1 aliphatic carbocycles. The van der Waals surface area contributed by atoms with Crippen molar-refractivity contribution >= 4 is 29.9 Å². The molecule has 5 heteroatoms. The molecule has 0 aromatic heterocycles. The standard InChI is InChI=1S/C25H24O5/c1-16-4-9-21(14-19-5-10-22(11-6-19)29-17(2)26)25(28)24(16)15-20-7-12-23(13-8-20)30-18(3)27/h5-8,10-16H,4,9H2,1-3H3/b21-14+,24-15+. The highest BCUT2D eigenvalue weighted by molar-refractivity contribution is 6.14. The van der Waals surface area contributed by atoms with Gasteiger partial charge in [-0.1, -0.05) is 31.2 Å². The molecule has 0 aliphatic heterocycles. The molecule has 1 aliphatic rings. The van der Waals surface area contributed by atoms with Crippen molar-refractivity contribution in [3.63, 3.8) is 0 Å². The van der Waals surface area contributed by atoms with Crippen LogP contribution in [-0.2, 0) is 14.4 Å². The number of hydrogen-bond donors (Lipinski definition) is 0. The summed E-state index contributed by atoms with van der Waals surface area (Å²) < 4.78 is 10.1. The lowest BCUT2D eigenvalue weighted by Gasteiger charge is -2.23. The molecule has 2 aromatic carbocycles. The van der Waals surface area contributed by atoms with E-state index < -0.39 is 0 Å². The van der Waals surface area contributed by atoms with Gasteiger partial charge in [0.2, 0.25) is 0 Å². The molecule has 154 valence electrons. The van der Waals surface area contributed by atoms with Crippen molar-refractivity contribution in [1.82, 2.24) is 0 Å². The first kappa shape index (κ1) is 21.2. The summed E-state index contributed by atoms with van der Waals surface area (Å²) in [5, 5.41) is 0. The summed E-state index contributed by atoms with van der Waals surface area (Å²) in [5.41, 5.74) is 3.29. The molecular weight excluding hydrogens is 380 g/mol. The van der Waals surface area contributed by atoms with Gasteiger partial charge >= 0.3 is 11.9 Å². The molecule has 0 spiro atoms. The molecule has 1 saturated carbocycles. The van der Waals surface area contributed by atoms with E-state index >= 15 is 0 Å². The molecule has 0 radical (unpaired) electrons. The maximum atomic E-state index is 13.1. The summed E-state index contributed by atoms with van der Waals surface area (Å²) in [5.74, 6) is 0.425. The van der Waals surface area contributed by atoms with Crippen LogP contribution < -0.4 is 9.47 Å². The number of carbonyl (C=O) groups is 3. The van der Waals surface area contributed by atoms with Gasteiger partial charge in [-0.15, -0.1) is 0 Å². The van der Waals surface area contributed by atoms with Crippen molar-refractivity contribution in [2.45, 2.75) is 33.6 Å². The van der Waals surface area contributed by atoms with Crippen LogP contribution in [0.3, 0.4) is 0 Å². The maximum absolute atomic E-state index is 13.1. The molecule has 3 rings (SSSR count). The Morgan fingerprint density at radius 2 is 1.30 bits per heavy atom. The van der Waals surface area contributed by atoms with E-state index in [1.807, 2.05) is 36.4 Å². The van der Waals surface area contributed by atoms with Crippen LogP contribution in [-0.4, -0.2) is 17.7 Å². The van der Waals surface area contributed by atoms with Crippen molar-refractivity contribution in [3.05, 3.63) is 70.8 Å². The second kappa shape index (κ2) is 9.35. The Bertz CT molecular complexity index is 1010. The molecule has 1 unspecified atom stereocenters. The van der Waals surface area contributed by atoms with Gasteiger partial charge in [-0.2, -0.15) is 0 Å². The third-order valence-electron chi connectivity index (χ3n) is 4.88. The Morgan fingerprint density at radius 3 is 1.77 bits per heavy atom. The normalized spacial score (nSPS) is 19.0. The van der Waals surface area contributed by atoms with E-state index in [1.54, 1.807) is 24.3 Å². The quantitative estimate of drug-likeness (QED) is 0.407. The van der Waals surface area contributed by atoms with Gasteiger partial charge < -0.3 is 9.47 Å². The lowest BCUT2D eigenvalue weighted by Crippen LogP contribution is -2.19. The number of rotatable bonds is 4. The van der Waals surface area contributed by atoms with Crippen LogP contribution in [0.15, 0.2) is 59.7 Å². The van der Waals surface area contributed by atoms with Crippen molar-refractivity contribution in [1.29, 1.82) is 0 Å². The molecule has 5 nitrogen and oxygen atoms in total. The summed E-state index contributed by atoms with van der Waals surface area (Å²) in [6.45, 7) is 4.77. The Hall–Kier alpha value is -3.47. The van der Waals surface area contributed by atoms with E-state index in [4.69, 9.17) is 9.47 Å². The minimum atomic E-state index is -0.368. The maximum Gasteiger partial charge on any atom is 0.308 e. The number of Topliss-reactive ketones (excluding diaryl/α,β-unsaturated/α-hetero) is 1. The smallest absolute Gasteiger partial charge is 0.308 e. The summed E-state index contributed by atoms with van der Waals surface area (Å²) >= 11 is 0. The number of allylic oxidation sites excluding steroid dienone is 2. The second-order valence-corrected chi connectivity index (χ2v) is 7.36. The highest BCUT2D eigenvalue weighted by Crippen LogP contribution is 2.33. The van der Waals surface area contributed by atoms with Crippen LogP contribution in [0.2, 0.25) is 0 Å². The fourth-order valence-corrected chi connectivity index (χ4v) is 3.37. The predicted molar refractivity (Wildman–Crippen MR) is 115 cm³/mol. The van der Waals surface area contributed by atoms with Crippen molar-refractivity contribution in [2.24, 2.45) is 5.92 Å². The third-order valence-corrected chi connectivity index (χ3v) is 4.88. The fourth-order valence-electron chi connectivity index (χ4n) is 3.37. The SMILES string of the molecule is CC(=O)Oc1ccc(/C=C2\CCC(C)/C(=C\c3ccc(OC(C)=O)cc3)C2=O)cc1. The van der Waals surface area contributed by atoms with Crippen LogP contribution >= 0.6 is 0 Å². The monoisotopic (exact) mass is 404 g/mol. The number of esters is 2. The van der Waals surface area contributed by atoms with E-state index in [9.17, 15) is 14.4 Å². The van der Waals surface area contributed by atoms with Crippen LogP contribution in [0.5, 0.6) is 11.5 Å². The van der Waals surface area contributed by atoms with Gasteiger partial charge in [0.05, 0.1) is 0 Å². The Kier molecular flexibility index (Phi) is 6.62. The summed E-state index contributed by atoms with van der Waals surface area (Å²) in [6, 6.07) is 14.2. The lowest BCUT2D eigenvalue weighted by molar-refractivity contribution is -0.132. The molecule has 0 amide bonds. The van der Waals surface area contributed by atoms with Crippen LogP contribution in [0.1, 0.15) is 44.7 Å². The average molecular weight is 404 g/mol. The van der Waals surface area contributed by atoms with E-state index in [0.29, 0.717) is 17.9 Å². The first-order valence-electron chi connectivity index (χ1n) is 9.85. The lowest BCUT2D eigenvalue weighted by atomic mass is 9.80. The summed E-state index contributed by atoms with van der Waals surface area (Å²) in [7, 11) is 0. The van der Waals surface area contributed by atoms with Crippen LogP contribution in [0, 0.1) is 5.92 Å². The molecule has 0 N–H and O–H groups in total. The first-order chi connectivity index (χ1) is 14.3. The minimum Gasteiger partial charge on any atom is -0.427 e. The molecule has 1 fully saturated rings. The van der Waals surface area contributed by atoms with Gasteiger partial charge in [0.1, 0.15) is 11.5 Å². The van der Waals surface area contributed by atoms with Gasteiger partial charge in [-0.25, -0.2) is 0 Å². The Morgan fingerprint density at radius 1 is 0.833 bits per heavy atom. The average Bonchev–Trinajstić information content (AvgIpc) is 2.69. The molecule has 1 atom stereocenters. The minimum absolute atomic E-state index is 0.0434. The molecule has 0 bridgehead atoms.